The molecular formula is C15H17NO4S. The Labute approximate surface area is 126 Å². The van der Waals surface area contributed by atoms with E-state index in [2.05, 4.69) is 5.32 Å². The van der Waals surface area contributed by atoms with E-state index in [4.69, 9.17) is 9.84 Å². The number of carboxylic acids is 1. The molecule has 2 N–H and O–H groups in total. The molecule has 2 aromatic rings. The standard InChI is InChI=1S/C15H17NO4S/c1-8-10-7-9(20-4)5-6-11(10)21-12(8)13(17)16-15(2,3)14(18)19/h5-7H,1-4H3,(H,16,17)(H,18,19). The number of thiophene rings is 1. The highest BCUT2D eigenvalue weighted by Crippen LogP contribution is 2.33. The van der Waals surface area contributed by atoms with E-state index < -0.39 is 11.5 Å². The minimum absolute atomic E-state index is 0.375. The summed E-state index contributed by atoms with van der Waals surface area (Å²) in [7, 11) is 1.59. The van der Waals surface area contributed by atoms with Crippen molar-refractivity contribution in [1.82, 2.24) is 5.32 Å². The van der Waals surface area contributed by atoms with Crippen LogP contribution in [0, 0.1) is 6.92 Å². The number of carbonyl (C=O) groups is 2. The molecule has 1 aromatic carbocycles. The van der Waals surface area contributed by atoms with E-state index in [9.17, 15) is 9.59 Å². The Hall–Kier alpha value is -2.08. The summed E-state index contributed by atoms with van der Waals surface area (Å²) in [6.07, 6.45) is 0. The highest BCUT2D eigenvalue weighted by atomic mass is 32.1. The molecular weight excluding hydrogens is 290 g/mol. The third-order valence-electron chi connectivity index (χ3n) is 3.31. The number of rotatable bonds is 4. The Balaban J connectivity index is 2.41. The number of methoxy groups -OCH3 is 1. The summed E-state index contributed by atoms with van der Waals surface area (Å²) in [5, 5.41) is 12.6. The maximum absolute atomic E-state index is 12.3. The zero-order valence-corrected chi connectivity index (χ0v) is 13.1. The number of hydrogen-bond donors (Lipinski definition) is 2. The van der Waals surface area contributed by atoms with Crippen LogP contribution in [0.25, 0.3) is 10.1 Å². The highest BCUT2D eigenvalue weighted by molar-refractivity contribution is 7.21. The van der Waals surface area contributed by atoms with Crippen LogP contribution in [0.3, 0.4) is 0 Å². The lowest BCUT2D eigenvalue weighted by molar-refractivity contribution is -0.143. The van der Waals surface area contributed by atoms with Gasteiger partial charge in [-0.05, 0) is 49.9 Å². The van der Waals surface area contributed by atoms with Crippen LogP contribution in [0.2, 0.25) is 0 Å². The van der Waals surface area contributed by atoms with Crippen molar-refractivity contribution >= 4 is 33.3 Å². The van der Waals surface area contributed by atoms with Gasteiger partial charge < -0.3 is 15.2 Å². The van der Waals surface area contributed by atoms with Crippen LogP contribution in [0.5, 0.6) is 5.75 Å². The summed E-state index contributed by atoms with van der Waals surface area (Å²) >= 11 is 1.34. The first-order chi connectivity index (χ1) is 9.76. The number of aryl methyl sites for hydroxylation is 1. The normalized spacial score (nSPS) is 11.4. The summed E-state index contributed by atoms with van der Waals surface area (Å²) in [6.45, 7) is 4.76. The van der Waals surface area contributed by atoms with Gasteiger partial charge in [0, 0.05) is 4.70 Å². The monoisotopic (exact) mass is 307 g/mol. The predicted octanol–water partition coefficient (Wildman–Crippen LogP) is 2.81. The summed E-state index contributed by atoms with van der Waals surface area (Å²) in [5.41, 5.74) is -0.482. The fourth-order valence-corrected chi connectivity index (χ4v) is 3.02. The number of nitrogens with one attached hydrogen (secondary N) is 1. The second-order valence-corrected chi connectivity index (χ2v) is 6.35. The molecule has 2 rings (SSSR count). The van der Waals surface area contributed by atoms with Crippen LogP contribution < -0.4 is 10.1 Å². The third-order valence-corrected chi connectivity index (χ3v) is 4.58. The molecule has 1 heterocycles. The molecule has 0 aliphatic carbocycles. The number of carbonyl (C=O) groups excluding carboxylic acids is 1. The molecule has 21 heavy (non-hydrogen) atoms. The Morgan fingerprint density at radius 3 is 2.57 bits per heavy atom. The van der Waals surface area contributed by atoms with Gasteiger partial charge in [0.15, 0.2) is 0 Å². The quantitative estimate of drug-likeness (QED) is 0.910. The number of amides is 1. The Kier molecular flexibility index (Phi) is 3.91. The van der Waals surface area contributed by atoms with Gasteiger partial charge in [-0.25, -0.2) is 4.79 Å². The van der Waals surface area contributed by atoms with E-state index in [0.717, 1.165) is 21.4 Å². The molecule has 0 bridgehead atoms. The first kappa shape index (κ1) is 15.3. The van der Waals surface area contributed by atoms with Crippen LogP contribution in [-0.2, 0) is 4.79 Å². The van der Waals surface area contributed by atoms with Crippen molar-refractivity contribution in [3.05, 3.63) is 28.6 Å². The fourth-order valence-electron chi connectivity index (χ4n) is 1.94. The Bertz CT molecular complexity index is 718. The van der Waals surface area contributed by atoms with Crippen LogP contribution in [0.1, 0.15) is 29.1 Å². The van der Waals surface area contributed by atoms with Gasteiger partial charge >= 0.3 is 5.97 Å². The molecule has 112 valence electrons. The van der Waals surface area contributed by atoms with Crippen LogP contribution >= 0.6 is 11.3 Å². The van der Waals surface area contributed by atoms with Crippen molar-refractivity contribution in [2.75, 3.05) is 7.11 Å². The highest BCUT2D eigenvalue weighted by Gasteiger charge is 2.30. The van der Waals surface area contributed by atoms with Gasteiger partial charge in [-0.15, -0.1) is 11.3 Å². The number of fused-ring (bicyclic) bond motifs is 1. The molecule has 0 aliphatic rings. The number of aliphatic carboxylic acids is 1. The Morgan fingerprint density at radius 2 is 2.00 bits per heavy atom. The van der Waals surface area contributed by atoms with E-state index in [1.807, 2.05) is 25.1 Å². The number of carboxylic acid groups (broad SMARTS) is 1. The Morgan fingerprint density at radius 1 is 1.33 bits per heavy atom. The minimum Gasteiger partial charge on any atom is -0.497 e. The van der Waals surface area contributed by atoms with Gasteiger partial charge in [-0.2, -0.15) is 0 Å². The number of benzene rings is 1. The van der Waals surface area contributed by atoms with Crippen molar-refractivity contribution in [3.63, 3.8) is 0 Å². The molecule has 0 aliphatic heterocycles. The zero-order chi connectivity index (χ0) is 15.8. The predicted molar refractivity (Wildman–Crippen MR) is 82.3 cm³/mol. The first-order valence-corrected chi connectivity index (χ1v) is 7.21. The molecule has 1 amide bonds. The smallest absolute Gasteiger partial charge is 0.328 e. The van der Waals surface area contributed by atoms with E-state index in [1.165, 1.54) is 25.2 Å². The van der Waals surface area contributed by atoms with Crippen molar-refractivity contribution < 1.29 is 19.4 Å². The molecule has 0 saturated carbocycles. The minimum atomic E-state index is -1.31. The molecule has 6 heteroatoms. The third kappa shape index (κ3) is 2.85. The number of hydrogen-bond acceptors (Lipinski definition) is 4. The zero-order valence-electron chi connectivity index (χ0n) is 12.3. The molecule has 0 spiro atoms. The molecule has 0 unspecified atom stereocenters. The summed E-state index contributed by atoms with van der Waals surface area (Å²) in [5.74, 6) is -0.724. The van der Waals surface area contributed by atoms with Crippen LogP contribution in [0.4, 0.5) is 0 Å². The lowest BCUT2D eigenvalue weighted by atomic mass is 10.1. The molecule has 0 radical (unpaired) electrons. The maximum Gasteiger partial charge on any atom is 0.328 e. The van der Waals surface area contributed by atoms with Gasteiger partial charge in [0.2, 0.25) is 0 Å². The van der Waals surface area contributed by atoms with E-state index in [0.29, 0.717) is 4.88 Å². The lowest BCUT2D eigenvalue weighted by Crippen LogP contribution is -2.49. The van der Waals surface area contributed by atoms with E-state index in [1.54, 1.807) is 7.11 Å². The first-order valence-electron chi connectivity index (χ1n) is 6.39. The fraction of sp³-hybridized carbons (Fsp3) is 0.333. The summed E-state index contributed by atoms with van der Waals surface area (Å²) < 4.78 is 6.15. The molecule has 0 atom stereocenters. The molecule has 0 saturated heterocycles. The van der Waals surface area contributed by atoms with Gasteiger partial charge in [0.1, 0.15) is 11.3 Å². The van der Waals surface area contributed by atoms with Crippen LogP contribution in [0.15, 0.2) is 18.2 Å². The van der Waals surface area contributed by atoms with Gasteiger partial charge in [-0.3, -0.25) is 4.79 Å². The van der Waals surface area contributed by atoms with Gasteiger partial charge in [-0.1, -0.05) is 0 Å². The van der Waals surface area contributed by atoms with Crippen molar-refractivity contribution in [3.8, 4) is 5.75 Å². The summed E-state index contributed by atoms with van der Waals surface area (Å²) in [6, 6.07) is 5.60. The average molecular weight is 307 g/mol. The SMILES string of the molecule is COc1ccc2sc(C(=O)NC(C)(C)C(=O)O)c(C)c2c1. The van der Waals surface area contributed by atoms with Crippen LogP contribution in [-0.4, -0.2) is 29.6 Å². The summed E-state index contributed by atoms with van der Waals surface area (Å²) in [4.78, 5) is 23.9. The lowest BCUT2D eigenvalue weighted by Gasteiger charge is -2.20. The van der Waals surface area contributed by atoms with Crippen molar-refractivity contribution in [2.24, 2.45) is 0 Å². The van der Waals surface area contributed by atoms with Gasteiger partial charge in [0.25, 0.3) is 5.91 Å². The second-order valence-electron chi connectivity index (χ2n) is 5.30. The van der Waals surface area contributed by atoms with Gasteiger partial charge in [0.05, 0.1) is 12.0 Å². The molecule has 5 nitrogen and oxygen atoms in total. The number of ether oxygens (including phenoxy) is 1. The van der Waals surface area contributed by atoms with Crippen molar-refractivity contribution in [1.29, 1.82) is 0 Å². The van der Waals surface area contributed by atoms with E-state index >= 15 is 0 Å². The van der Waals surface area contributed by atoms with Crippen molar-refractivity contribution in [2.45, 2.75) is 26.3 Å². The van der Waals surface area contributed by atoms with E-state index in [-0.39, 0.29) is 5.91 Å². The molecule has 1 aromatic heterocycles. The topological polar surface area (TPSA) is 75.6 Å². The largest absolute Gasteiger partial charge is 0.497 e. The maximum atomic E-state index is 12.3. The molecule has 0 fully saturated rings. The second kappa shape index (κ2) is 5.37. The average Bonchev–Trinajstić information content (AvgIpc) is 2.75.